The Morgan fingerprint density at radius 1 is 1.20 bits per heavy atom. The van der Waals surface area contributed by atoms with Crippen molar-refractivity contribution in [3.05, 3.63) is 53.6 Å². The van der Waals surface area contributed by atoms with Crippen molar-refractivity contribution in [1.82, 2.24) is 0 Å². The third-order valence-electron chi connectivity index (χ3n) is 2.86. The molecule has 0 radical (unpaired) electrons. The van der Waals surface area contributed by atoms with Gasteiger partial charge in [0.15, 0.2) is 0 Å². The molecule has 15 heavy (non-hydrogen) atoms. The summed E-state index contributed by atoms with van der Waals surface area (Å²) in [5.74, 6) is 0.878. The van der Waals surface area contributed by atoms with Crippen molar-refractivity contribution in [1.29, 1.82) is 0 Å². The first-order valence-electron chi connectivity index (χ1n) is 5.77. The van der Waals surface area contributed by atoms with Gasteiger partial charge in [0.1, 0.15) is 0 Å². The lowest BCUT2D eigenvalue weighted by atomic mass is 10.2. The molecule has 0 N–H and O–H groups in total. The molecule has 0 heteroatoms. The third-order valence-corrected chi connectivity index (χ3v) is 2.86. The Hall–Kier alpha value is -1.30. The molecule has 1 aromatic rings. The van der Waals surface area contributed by atoms with Crippen molar-refractivity contribution in [3.8, 4) is 0 Å². The van der Waals surface area contributed by atoms with Crippen LogP contribution in [-0.2, 0) is 0 Å². The van der Waals surface area contributed by atoms with Crippen molar-refractivity contribution < 1.29 is 0 Å². The molecule has 0 nitrogen and oxygen atoms in total. The second kappa shape index (κ2) is 4.97. The SMILES string of the molecule is CC1CC1=CCCC=Cc1ccccc1. The summed E-state index contributed by atoms with van der Waals surface area (Å²) in [5, 5.41) is 0. The molecule has 0 aromatic heterocycles. The zero-order valence-corrected chi connectivity index (χ0v) is 9.32. The molecule has 78 valence electrons. The first kappa shape index (κ1) is 10.2. The first-order chi connectivity index (χ1) is 7.36. The topological polar surface area (TPSA) is 0 Å². The molecule has 0 spiro atoms. The van der Waals surface area contributed by atoms with Gasteiger partial charge in [-0.2, -0.15) is 0 Å². The van der Waals surface area contributed by atoms with Gasteiger partial charge in [0.25, 0.3) is 0 Å². The molecule has 0 amide bonds. The predicted molar refractivity (Wildman–Crippen MR) is 66.6 cm³/mol. The quantitative estimate of drug-likeness (QED) is 0.495. The molecule has 1 aromatic carbocycles. The molecule has 1 saturated carbocycles. The lowest BCUT2D eigenvalue weighted by Gasteiger charge is -1.90. The maximum Gasteiger partial charge on any atom is -0.0194 e. The largest absolute Gasteiger partial charge is 0.0847 e. The average Bonchev–Trinajstić information content (AvgIpc) is 2.96. The van der Waals surface area contributed by atoms with Crippen LogP contribution in [0.4, 0.5) is 0 Å². The summed E-state index contributed by atoms with van der Waals surface area (Å²) < 4.78 is 0. The highest BCUT2D eigenvalue weighted by Gasteiger charge is 2.22. The van der Waals surface area contributed by atoms with E-state index < -0.39 is 0 Å². The second-order valence-corrected chi connectivity index (χ2v) is 4.27. The van der Waals surface area contributed by atoms with Crippen LogP contribution in [0, 0.1) is 5.92 Å². The summed E-state index contributed by atoms with van der Waals surface area (Å²) in [7, 11) is 0. The number of hydrogen-bond donors (Lipinski definition) is 0. The van der Waals surface area contributed by atoms with Gasteiger partial charge in [-0.25, -0.2) is 0 Å². The number of unbranched alkanes of at least 4 members (excludes halogenated alkanes) is 1. The minimum Gasteiger partial charge on any atom is -0.0847 e. The predicted octanol–water partition coefficient (Wildman–Crippen LogP) is 4.45. The first-order valence-corrected chi connectivity index (χ1v) is 5.77. The van der Waals surface area contributed by atoms with Crippen molar-refractivity contribution >= 4 is 6.08 Å². The van der Waals surface area contributed by atoms with Crippen LogP contribution in [0.25, 0.3) is 6.08 Å². The number of allylic oxidation sites excluding steroid dienone is 3. The summed E-state index contributed by atoms with van der Waals surface area (Å²) in [6, 6.07) is 10.5. The Kier molecular flexibility index (Phi) is 3.39. The summed E-state index contributed by atoms with van der Waals surface area (Å²) in [6.07, 6.45) is 10.6. The maximum absolute atomic E-state index is 2.40. The van der Waals surface area contributed by atoms with E-state index in [1.54, 1.807) is 5.57 Å². The van der Waals surface area contributed by atoms with Gasteiger partial charge in [-0.15, -0.1) is 0 Å². The standard InChI is InChI=1S/C15H18/c1-13-12-15(13)11-7-3-6-10-14-8-4-2-5-9-14/h2,4-6,8-11,13H,3,7,12H2,1H3. The van der Waals surface area contributed by atoms with E-state index in [4.69, 9.17) is 0 Å². The summed E-state index contributed by atoms with van der Waals surface area (Å²) in [4.78, 5) is 0. The summed E-state index contributed by atoms with van der Waals surface area (Å²) in [6.45, 7) is 2.30. The Morgan fingerprint density at radius 3 is 2.60 bits per heavy atom. The zero-order chi connectivity index (χ0) is 10.5. The lowest BCUT2D eigenvalue weighted by Crippen LogP contribution is -1.69. The van der Waals surface area contributed by atoms with Crippen LogP contribution in [0.3, 0.4) is 0 Å². The van der Waals surface area contributed by atoms with Gasteiger partial charge in [0, 0.05) is 0 Å². The van der Waals surface area contributed by atoms with Gasteiger partial charge < -0.3 is 0 Å². The van der Waals surface area contributed by atoms with E-state index in [-0.39, 0.29) is 0 Å². The van der Waals surface area contributed by atoms with Gasteiger partial charge >= 0.3 is 0 Å². The van der Waals surface area contributed by atoms with Crippen LogP contribution in [0.15, 0.2) is 48.1 Å². The van der Waals surface area contributed by atoms with Crippen LogP contribution in [0.1, 0.15) is 31.7 Å². The number of rotatable bonds is 4. The minimum atomic E-state index is 0.878. The second-order valence-electron chi connectivity index (χ2n) is 4.27. The van der Waals surface area contributed by atoms with Gasteiger partial charge in [-0.05, 0) is 30.7 Å². The van der Waals surface area contributed by atoms with E-state index in [0.717, 1.165) is 12.3 Å². The van der Waals surface area contributed by atoms with Gasteiger partial charge in [-0.1, -0.05) is 61.1 Å². The Balaban J connectivity index is 1.72. The van der Waals surface area contributed by atoms with E-state index in [0.29, 0.717) is 0 Å². The number of hydrogen-bond acceptors (Lipinski definition) is 0. The highest BCUT2D eigenvalue weighted by molar-refractivity contribution is 5.48. The molecule has 0 bridgehead atoms. The zero-order valence-electron chi connectivity index (χ0n) is 9.32. The molecule has 1 unspecified atom stereocenters. The molecule has 0 heterocycles. The van der Waals surface area contributed by atoms with Crippen LogP contribution >= 0.6 is 0 Å². The highest BCUT2D eigenvalue weighted by atomic mass is 14.3. The summed E-state index contributed by atoms with van der Waals surface area (Å²) >= 11 is 0. The van der Waals surface area contributed by atoms with Crippen molar-refractivity contribution in [2.45, 2.75) is 26.2 Å². The molecule has 1 atom stereocenters. The maximum atomic E-state index is 2.40. The fourth-order valence-electron chi connectivity index (χ4n) is 1.73. The summed E-state index contributed by atoms with van der Waals surface area (Å²) in [5.41, 5.74) is 2.95. The normalized spacial score (nSPS) is 22.5. The van der Waals surface area contributed by atoms with E-state index in [9.17, 15) is 0 Å². The van der Waals surface area contributed by atoms with E-state index in [2.05, 4.69) is 55.5 Å². The smallest absolute Gasteiger partial charge is 0.0194 e. The van der Waals surface area contributed by atoms with E-state index in [1.165, 1.54) is 18.4 Å². The molecule has 0 saturated heterocycles. The van der Waals surface area contributed by atoms with Crippen LogP contribution in [0.2, 0.25) is 0 Å². The Bertz CT molecular complexity index is 357. The molecular formula is C15H18. The monoisotopic (exact) mass is 198 g/mol. The van der Waals surface area contributed by atoms with Crippen LogP contribution in [-0.4, -0.2) is 0 Å². The van der Waals surface area contributed by atoms with Crippen molar-refractivity contribution in [2.24, 2.45) is 5.92 Å². The Labute approximate surface area is 92.3 Å². The van der Waals surface area contributed by atoms with Gasteiger partial charge in [0.05, 0.1) is 0 Å². The van der Waals surface area contributed by atoms with Crippen LogP contribution in [0.5, 0.6) is 0 Å². The van der Waals surface area contributed by atoms with Gasteiger partial charge in [0.2, 0.25) is 0 Å². The molecule has 2 rings (SSSR count). The minimum absolute atomic E-state index is 0.878. The molecule has 1 aliphatic carbocycles. The molecule has 1 aliphatic rings. The molecule has 1 fully saturated rings. The van der Waals surface area contributed by atoms with Gasteiger partial charge in [-0.3, -0.25) is 0 Å². The molecular weight excluding hydrogens is 180 g/mol. The highest BCUT2D eigenvalue weighted by Crippen LogP contribution is 2.36. The van der Waals surface area contributed by atoms with Crippen LogP contribution < -0.4 is 0 Å². The third kappa shape index (κ3) is 3.39. The average molecular weight is 198 g/mol. The number of benzene rings is 1. The Morgan fingerprint density at radius 2 is 1.93 bits per heavy atom. The molecule has 0 aliphatic heterocycles. The van der Waals surface area contributed by atoms with E-state index >= 15 is 0 Å². The van der Waals surface area contributed by atoms with E-state index in [1.807, 2.05) is 0 Å². The fraction of sp³-hybridized carbons (Fsp3) is 0.333. The van der Waals surface area contributed by atoms with Crippen molar-refractivity contribution in [3.63, 3.8) is 0 Å². The lowest BCUT2D eigenvalue weighted by molar-refractivity contribution is 1.00. The fourth-order valence-corrected chi connectivity index (χ4v) is 1.73. The van der Waals surface area contributed by atoms with Crippen molar-refractivity contribution in [2.75, 3.05) is 0 Å².